The van der Waals surface area contributed by atoms with Crippen molar-refractivity contribution in [2.75, 3.05) is 0 Å². The normalized spacial score (nSPS) is 10.8. The summed E-state index contributed by atoms with van der Waals surface area (Å²) in [6.45, 7) is 0. The van der Waals surface area contributed by atoms with Gasteiger partial charge in [-0.1, -0.05) is 12.1 Å². The minimum atomic E-state index is -1.04. The molecule has 3 aromatic rings. The topological polar surface area (TPSA) is 50.2 Å². The lowest BCUT2D eigenvalue weighted by atomic mass is 9.99. The van der Waals surface area contributed by atoms with Gasteiger partial charge in [-0.25, -0.2) is 14.2 Å². The Morgan fingerprint density at radius 1 is 1.21 bits per heavy atom. The fourth-order valence-corrected chi connectivity index (χ4v) is 2.76. The summed E-state index contributed by atoms with van der Waals surface area (Å²) in [7, 11) is 0. The number of nitrogens with zero attached hydrogens (tertiary/aromatic N) is 1. The van der Waals surface area contributed by atoms with Crippen LogP contribution >= 0.6 is 11.3 Å². The van der Waals surface area contributed by atoms with Crippen LogP contribution in [-0.2, 0) is 0 Å². The Hall–Kier alpha value is -2.27. The summed E-state index contributed by atoms with van der Waals surface area (Å²) in [5, 5.41) is 11.9. The maximum absolute atomic E-state index is 13.0. The standard InChI is InChI=1S/C14H8FNO2S/c15-9-3-1-8(2-4-9)12-10-5-6-19-13(10)16-7-11(12)14(17)18/h1-7H,(H,17,18). The molecule has 0 aliphatic heterocycles. The lowest BCUT2D eigenvalue weighted by Gasteiger charge is -2.07. The van der Waals surface area contributed by atoms with Crippen LogP contribution in [0.1, 0.15) is 10.4 Å². The smallest absolute Gasteiger partial charge is 0.337 e. The Balaban J connectivity index is 2.35. The molecule has 0 fully saturated rings. The van der Waals surface area contributed by atoms with Crippen LogP contribution in [0.15, 0.2) is 41.9 Å². The van der Waals surface area contributed by atoms with E-state index in [1.165, 1.54) is 29.7 Å². The number of rotatable bonds is 2. The Kier molecular flexibility index (Phi) is 2.76. The van der Waals surface area contributed by atoms with Crippen molar-refractivity contribution in [3.8, 4) is 11.1 Å². The molecule has 0 radical (unpaired) electrons. The van der Waals surface area contributed by atoms with Gasteiger partial charge in [0, 0.05) is 17.1 Å². The minimum absolute atomic E-state index is 0.123. The number of aromatic nitrogens is 1. The van der Waals surface area contributed by atoms with Crippen molar-refractivity contribution in [3.05, 3.63) is 53.3 Å². The molecule has 0 aliphatic carbocycles. The van der Waals surface area contributed by atoms with Crippen molar-refractivity contribution < 1.29 is 14.3 Å². The monoisotopic (exact) mass is 273 g/mol. The summed E-state index contributed by atoms with van der Waals surface area (Å²) >= 11 is 1.44. The molecule has 3 nitrogen and oxygen atoms in total. The van der Waals surface area contributed by atoms with E-state index in [0.29, 0.717) is 11.1 Å². The quantitative estimate of drug-likeness (QED) is 0.772. The van der Waals surface area contributed by atoms with E-state index in [2.05, 4.69) is 4.98 Å². The van der Waals surface area contributed by atoms with Gasteiger partial charge in [-0.2, -0.15) is 0 Å². The fourth-order valence-electron chi connectivity index (χ4n) is 2.01. The van der Waals surface area contributed by atoms with Crippen LogP contribution < -0.4 is 0 Å². The highest BCUT2D eigenvalue weighted by Crippen LogP contribution is 2.33. The highest BCUT2D eigenvalue weighted by molar-refractivity contribution is 7.16. The Morgan fingerprint density at radius 3 is 2.63 bits per heavy atom. The van der Waals surface area contributed by atoms with Gasteiger partial charge in [-0.15, -0.1) is 11.3 Å². The SMILES string of the molecule is O=C(O)c1cnc2sccc2c1-c1ccc(F)cc1. The van der Waals surface area contributed by atoms with Gasteiger partial charge in [0.1, 0.15) is 10.6 Å². The summed E-state index contributed by atoms with van der Waals surface area (Å²) in [6.07, 6.45) is 1.35. The van der Waals surface area contributed by atoms with E-state index < -0.39 is 5.97 Å². The van der Waals surface area contributed by atoms with Crippen molar-refractivity contribution in [1.82, 2.24) is 4.98 Å². The lowest BCUT2D eigenvalue weighted by molar-refractivity contribution is 0.0697. The molecule has 1 N–H and O–H groups in total. The highest BCUT2D eigenvalue weighted by atomic mass is 32.1. The summed E-state index contributed by atoms with van der Waals surface area (Å²) in [5.74, 6) is -1.39. The zero-order valence-electron chi connectivity index (χ0n) is 9.63. The second-order valence-electron chi connectivity index (χ2n) is 4.00. The molecule has 0 saturated heterocycles. The summed E-state index contributed by atoms with van der Waals surface area (Å²) in [4.78, 5) is 16.2. The molecule has 0 spiro atoms. The number of thiophene rings is 1. The first-order valence-corrected chi connectivity index (χ1v) is 6.40. The van der Waals surface area contributed by atoms with E-state index in [9.17, 15) is 14.3 Å². The lowest BCUT2D eigenvalue weighted by Crippen LogP contribution is -2.01. The van der Waals surface area contributed by atoms with E-state index in [4.69, 9.17) is 0 Å². The van der Waals surface area contributed by atoms with Gasteiger partial charge in [-0.3, -0.25) is 0 Å². The van der Waals surface area contributed by atoms with Gasteiger partial charge in [0.25, 0.3) is 0 Å². The molecule has 0 amide bonds. The number of halogens is 1. The predicted octanol–water partition coefficient (Wildman–Crippen LogP) is 3.80. The van der Waals surface area contributed by atoms with Crippen LogP contribution in [0.2, 0.25) is 0 Å². The van der Waals surface area contributed by atoms with Gasteiger partial charge in [-0.05, 0) is 29.1 Å². The van der Waals surface area contributed by atoms with Gasteiger partial charge < -0.3 is 5.11 Å². The highest BCUT2D eigenvalue weighted by Gasteiger charge is 2.16. The molecule has 0 bridgehead atoms. The zero-order valence-corrected chi connectivity index (χ0v) is 10.4. The number of benzene rings is 1. The number of aromatic carboxylic acids is 1. The van der Waals surface area contributed by atoms with Crippen LogP contribution in [0.25, 0.3) is 21.3 Å². The maximum atomic E-state index is 13.0. The predicted molar refractivity (Wildman–Crippen MR) is 72.0 cm³/mol. The van der Waals surface area contributed by atoms with Crippen molar-refractivity contribution in [1.29, 1.82) is 0 Å². The first kappa shape index (κ1) is 11.8. The molecule has 3 rings (SSSR count). The van der Waals surface area contributed by atoms with Crippen molar-refractivity contribution in [2.24, 2.45) is 0 Å². The van der Waals surface area contributed by atoms with Crippen molar-refractivity contribution in [3.63, 3.8) is 0 Å². The first-order valence-electron chi connectivity index (χ1n) is 5.52. The zero-order chi connectivity index (χ0) is 13.4. The van der Waals surface area contributed by atoms with E-state index in [0.717, 1.165) is 10.2 Å². The average molecular weight is 273 g/mol. The molecule has 2 aromatic heterocycles. The second-order valence-corrected chi connectivity index (χ2v) is 4.89. The summed E-state index contributed by atoms with van der Waals surface area (Å²) in [5.41, 5.74) is 1.38. The molecule has 19 heavy (non-hydrogen) atoms. The number of fused-ring (bicyclic) bond motifs is 1. The molecule has 0 saturated carbocycles. The van der Waals surface area contributed by atoms with Crippen LogP contribution in [0, 0.1) is 5.82 Å². The van der Waals surface area contributed by atoms with Gasteiger partial charge >= 0.3 is 5.97 Å². The van der Waals surface area contributed by atoms with E-state index in [-0.39, 0.29) is 11.4 Å². The Labute approximate surface area is 112 Å². The number of carbonyl (C=O) groups is 1. The Morgan fingerprint density at radius 2 is 1.95 bits per heavy atom. The van der Waals surface area contributed by atoms with Gasteiger partial charge in [0.05, 0.1) is 5.56 Å². The van der Waals surface area contributed by atoms with Crippen molar-refractivity contribution in [2.45, 2.75) is 0 Å². The number of hydrogen-bond donors (Lipinski definition) is 1. The fraction of sp³-hybridized carbons (Fsp3) is 0. The third kappa shape index (κ3) is 1.98. The molecule has 2 heterocycles. The molecule has 5 heteroatoms. The van der Waals surface area contributed by atoms with E-state index in [1.54, 1.807) is 12.1 Å². The largest absolute Gasteiger partial charge is 0.478 e. The minimum Gasteiger partial charge on any atom is -0.478 e. The molecule has 0 atom stereocenters. The number of hydrogen-bond acceptors (Lipinski definition) is 3. The number of carboxylic acids is 1. The summed E-state index contributed by atoms with van der Waals surface area (Å²) < 4.78 is 13.0. The van der Waals surface area contributed by atoms with Crippen molar-refractivity contribution >= 4 is 27.5 Å². The third-order valence-electron chi connectivity index (χ3n) is 2.86. The third-order valence-corrected chi connectivity index (χ3v) is 3.68. The average Bonchev–Trinajstić information content (AvgIpc) is 2.86. The molecule has 94 valence electrons. The molecular formula is C14H8FNO2S. The van der Waals surface area contributed by atoms with E-state index >= 15 is 0 Å². The molecule has 0 aliphatic rings. The first-order chi connectivity index (χ1) is 9.16. The number of carboxylic acid groups (broad SMARTS) is 1. The van der Waals surface area contributed by atoms with Crippen LogP contribution in [-0.4, -0.2) is 16.1 Å². The number of pyridine rings is 1. The molecule has 0 unspecified atom stereocenters. The maximum Gasteiger partial charge on any atom is 0.337 e. The second kappa shape index (κ2) is 4.44. The van der Waals surface area contributed by atoms with Crippen LogP contribution in [0.4, 0.5) is 4.39 Å². The van der Waals surface area contributed by atoms with E-state index in [1.807, 2.05) is 11.4 Å². The summed E-state index contributed by atoms with van der Waals surface area (Å²) in [6, 6.07) is 7.62. The van der Waals surface area contributed by atoms with Gasteiger partial charge in [0.2, 0.25) is 0 Å². The van der Waals surface area contributed by atoms with Gasteiger partial charge in [0.15, 0.2) is 0 Å². The van der Waals surface area contributed by atoms with Crippen LogP contribution in [0.3, 0.4) is 0 Å². The molecule has 1 aromatic carbocycles. The molecular weight excluding hydrogens is 265 g/mol. The van der Waals surface area contributed by atoms with Crippen LogP contribution in [0.5, 0.6) is 0 Å². The Bertz CT molecular complexity index is 765.